The van der Waals surface area contributed by atoms with E-state index in [1.54, 1.807) is 24.3 Å². The third-order valence-corrected chi connectivity index (χ3v) is 2.78. The molecule has 5 heteroatoms. The highest BCUT2D eigenvalue weighted by molar-refractivity contribution is 5.94. The van der Waals surface area contributed by atoms with Gasteiger partial charge in [-0.05, 0) is 29.8 Å². The molecule has 0 spiro atoms. The first-order chi connectivity index (χ1) is 9.61. The monoisotopic (exact) mass is 277 g/mol. The van der Waals surface area contributed by atoms with E-state index in [-0.39, 0.29) is 6.54 Å². The van der Waals surface area contributed by atoms with Crippen LogP contribution in [0.3, 0.4) is 0 Å². The number of hydrogen-bond acceptors (Lipinski definition) is 2. The quantitative estimate of drug-likeness (QED) is 0.933. The zero-order valence-corrected chi connectivity index (χ0v) is 10.8. The van der Waals surface area contributed by atoms with Crippen LogP contribution in [0.5, 0.6) is 5.75 Å². The molecular weight excluding hydrogens is 264 g/mol. The van der Waals surface area contributed by atoms with Crippen LogP contribution in [-0.2, 0) is 6.54 Å². The molecule has 0 heterocycles. The summed E-state index contributed by atoms with van der Waals surface area (Å²) in [5.74, 6) is -1.90. The number of halogens is 2. The topological polar surface area (TPSA) is 38.3 Å². The number of rotatable bonds is 4. The van der Waals surface area contributed by atoms with E-state index in [1.165, 1.54) is 13.2 Å². The number of carbonyl (C=O) groups excluding carboxylic acids is 1. The number of amides is 1. The van der Waals surface area contributed by atoms with E-state index in [2.05, 4.69) is 5.32 Å². The minimum atomic E-state index is -0.881. The third kappa shape index (κ3) is 3.12. The molecule has 20 heavy (non-hydrogen) atoms. The van der Waals surface area contributed by atoms with Crippen molar-refractivity contribution >= 4 is 5.91 Å². The fourth-order valence-corrected chi connectivity index (χ4v) is 1.77. The van der Waals surface area contributed by atoms with Crippen molar-refractivity contribution in [3.05, 3.63) is 65.2 Å². The van der Waals surface area contributed by atoms with Gasteiger partial charge in [0.2, 0.25) is 0 Å². The van der Waals surface area contributed by atoms with Gasteiger partial charge in [-0.2, -0.15) is 0 Å². The molecule has 0 saturated heterocycles. The molecule has 0 unspecified atom stereocenters. The van der Waals surface area contributed by atoms with E-state index in [0.29, 0.717) is 5.75 Å². The molecule has 0 saturated carbocycles. The van der Waals surface area contributed by atoms with Crippen LogP contribution in [0.2, 0.25) is 0 Å². The Balaban J connectivity index is 2.09. The Morgan fingerprint density at radius 1 is 1.15 bits per heavy atom. The zero-order valence-electron chi connectivity index (χ0n) is 10.8. The number of ether oxygens (including phenoxy) is 1. The van der Waals surface area contributed by atoms with E-state index < -0.39 is 23.1 Å². The molecule has 0 fully saturated rings. The molecule has 2 aromatic rings. The summed E-state index contributed by atoms with van der Waals surface area (Å²) in [6, 6.07) is 10.3. The van der Waals surface area contributed by atoms with E-state index in [0.717, 1.165) is 17.7 Å². The van der Waals surface area contributed by atoms with Gasteiger partial charge in [-0.1, -0.05) is 18.2 Å². The highest BCUT2D eigenvalue weighted by Gasteiger charge is 2.16. The van der Waals surface area contributed by atoms with Crippen LogP contribution in [0.25, 0.3) is 0 Å². The van der Waals surface area contributed by atoms with E-state index in [9.17, 15) is 13.6 Å². The molecule has 0 aliphatic heterocycles. The van der Waals surface area contributed by atoms with Gasteiger partial charge in [-0.3, -0.25) is 4.79 Å². The first kappa shape index (κ1) is 14.0. The van der Waals surface area contributed by atoms with E-state index in [4.69, 9.17) is 4.74 Å². The molecule has 0 aromatic heterocycles. The molecule has 0 bridgehead atoms. The summed E-state index contributed by atoms with van der Waals surface area (Å²) in [6.07, 6.45) is 0. The average molecular weight is 277 g/mol. The SMILES string of the molecule is COc1cccc(CNC(=O)c2c(F)cccc2F)c1. The Hall–Kier alpha value is -2.43. The molecule has 0 atom stereocenters. The molecular formula is C15H13F2NO2. The third-order valence-electron chi connectivity index (χ3n) is 2.78. The Bertz CT molecular complexity index is 609. The van der Waals surface area contributed by atoms with Gasteiger partial charge in [0.15, 0.2) is 0 Å². The van der Waals surface area contributed by atoms with E-state index >= 15 is 0 Å². The smallest absolute Gasteiger partial charge is 0.257 e. The average Bonchev–Trinajstić information content (AvgIpc) is 2.45. The number of methoxy groups -OCH3 is 1. The Morgan fingerprint density at radius 2 is 1.80 bits per heavy atom. The van der Waals surface area contributed by atoms with Crippen LogP contribution in [-0.4, -0.2) is 13.0 Å². The number of carbonyl (C=O) groups is 1. The second kappa shape index (κ2) is 6.14. The van der Waals surface area contributed by atoms with Crippen LogP contribution in [0.4, 0.5) is 8.78 Å². The minimum absolute atomic E-state index is 0.157. The number of benzene rings is 2. The lowest BCUT2D eigenvalue weighted by molar-refractivity contribution is 0.0942. The van der Waals surface area contributed by atoms with Crippen molar-refractivity contribution in [1.82, 2.24) is 5.32 Å². The van der Waals surface area contributed by atoms with Crippen LogP contribution >= 0.6 is 0 Å². The summed E-state index contributed by atoms with van der Waals surface area (Å²) < 4.78 is 31.9. The van der Waals surface area contributed by atoms with Crippen molar-refractivity contribution in [3.63, 3.8) is 0 Å². The molecule has 1 amide bonds. The van der Waals surface area contributed by atoms with E-state index in [1.807, 2.05) is 0 Å². The Morgan fingerprint density at radius 3 is 2.45 bits per heavy atom. The van der Waals surface area contributed by atoms with Crippen LogP contribution in [0, 0.1) is 11.6 Å². The molecule has 2 rings (SSSR count). The lowest BCUT2D eigenvalue weighted by Crippen LogP contribution is -2.25. The van der Waals surface area contributed by atoms with Gasteiger partial charge in [0.05, 0.1) is 7.11 Å². The van der Waals surface area contributed by atoms with Gasteiger partial charge in [0, 0.05) is 6.54 Å². The number of hydrogen-bond donors (Lipinski definition) is 1. The fourth-order valence-electron chi connectivity index (χ4n) is 1.77. The lowest BCUT2D eigenvalue weighted by Gasteiger charge is -2.08. The molecule has 3 nitrogen and oxygen atoms in total. The maximum atomic E-state index is 13.4. The number of nitrogens with one attached hydrogen (secondary N) is 1. The second-order valence-corrected chi connectivity index (χ2v) is 4.13. The first-order valence-corrected chi connectivity index (χ1v) is 5.97. The van der Waals surface area contributed by atoms with Crippen LogP contribution < -0.4 is 10.1 Å². The van der Waals surface area contributed by atoms with Crippen molar-refractivity contribution in [1.29, 1.82) is 0 Å². The normalized spacial score (nSPS) is 10.2. The largest absolute Gasteiger partial charge is 0.497 e. The lowest BCUT2D eigenvalue weighted by atomic mass is 10.1. The summed E-state index contributed by atoms with van der Waals surface area (Å²) in [7, 11) is 1.53. The standard InChI is InChI=1S/C15H13F2NO2/c1-20-11-5-2-4-10(8-11)9-18-15(19)14-12(16)6-3-7-13(14)17/h2-8H,9H2,1H3,(H,18,19). The summed E-state index contributed by atoms with van der Waals surface area (Å²) in [5, 5.41) is 2.47. The van der Waals surface area contributed by atoms with Gasteiger partial charge in [0.25, 0.3) is 5.91 Å². The van der Waals surface area contributed by atoms with Gasteiger partial charge < -0.3 is 10.1 Å². The molecule has 1 N–H and O–H groups in total. The zero-order chi connectivity index (χ0) is 14.5. The van der Waals surface area contributed by atoms with Gasteiger partial charge in [-0.25, -0.2) is 8.78 Å². The summed E-state index contributed by atoms with van der Waals surface area (Å²) in [5.41, 5.74) is 0.199. The van der Waals surface area contributed by atoms with Gasteiger partial charge >= 0.3 is 0 Å². The molecule has 2 aromatic carbocycles. The van der Waals surface area contributed by atoms with Crippen LogP contribution in [0.15, 0.2) is 42.5 Å². The molecule has 0 aliphatic rings. The molecule has 104 valence electrons. The van der Waals surface area contributed by atoms with Crippen molar-refractivity contribution in [2.45, 2.75) is 6.54 Å². The van der Waals surface area contributed by atoms with Crippen molar-refractivity contribution in [2.24, 2.45) is 0 Å². The molecule has 0 aliphatic carbocycles. The Kier molecular flexibility index (Phi) is 4.30. The predicted molar refractivity (Wildman–Crippen MR) is 70.5 cm³/mol. The maximum absolute atomic E-state index is 13.4. The molecule has 0 radical (unpaired) electrons. The minimum Gasteiger partial charge on any atom is -0.497 e. The predicted octanol–water partition coefficient (Wildman–Crippen LogP) is 2.90. The fraction of sp³-hybridized carbons (Fsp3) is 0.133. The maximum Gasteiger partial charge on any atom is 0.257 e. The highest BCUT2D eigenvalue weighted by atomic mass is 19.1. The van der Waals surface area contributed by atoms with Crippen molar-refractivity contribution in [2.75, 3.05) is 7.11 Å². The van der Waals surface area contributed by atoms with Gasteiger partial charge in [0.1, 0.15) is 22.9 Å². The highest BCUT2D eigenvalue weighted by Crippen LogP contribution is 2.14. The summed E-state index contributed by atoms with van der Waals surface area (Å²) in [6.45, 7) is 0.157. The van der Waals surface area contributed by atoms with Crippen molar-refractivity contribution < 1.29 is 18.3 Å². The second-order valence-electron chi connectivity index (χ2n) is 4.13. The summed E-state index contributed by atoms with van der Waals surface area (Å²) >= 11 is 0. The van der Waals surface area contributed by atoms with Gasteiger partial charge in [-0.15, -0.1) is 0 Å². The van der Waals surface area contributed by atoms with Crippen molar-refractivity contribution in [3.8, 4) is 5.75 Å². The first-order valence-electron chi connectivity index (χ1n) is 5.97. The Labute approximate surface area is 115 Å². The van der Waals surface area contributed by atoms with Crippen LogP contribution in [0.1, 0.15) is 15.9 Å². The summed E-state index contributed by atoms with van der Waals surface area (Å²) in [4.78, 5) is 11.8.